The van der Waals surface area contributed by atoms with Gasteiger partial charge in [-0.05, 0) is 39.3 Å². The second-order valence-electron chi connectivity index (χ2n) is 5.65. The van der Waals surface area contributed by atoms with Gasteiger partial charge in [-0.2, -0.15) is 0 Å². The van der Waals surface area contributed by atoms with Crippen molar-refractivity contribution in [2.75, 3.05) is 20.8 Å². The second-order valence-corrected chi connectivity index (χ2v) is 5.65. The fourth-order valence-corrected chi connectivity index (χ4v) is 2.80. The molecule has 3 heteroatoms. The van der Waals surface area contributed by atoms with Gasteiger partial charge in [0.1, 0.15) is 11.5 Å². The monoisotopic (exact) mass is 275 g/mol. The van der Waals surface area contributed by atoms with E-state index in [-0.39, 0.29) is 6.04 Å². The van der Waals surface area contributed by atoms with Crippen molar-refractivity contribution < 1.29 is 9.47 Å². The summed E-state index contributed by atoms with van der Waals surface area (Å²) in [6.45, 7) is 7.80. The fourth-order valence-electron chi connectivity index (χ4n) is 2.80. The number of benzene rings is 1. The van der Waals surface area contributed by atoms with E-state index in [1.165, 1.54) is 11.1 Å². The Morgan fingerprint density at radius 2 is 1.95 bits per heavy atom. The number of hydrogen-bond donors (Lipinski definition) is 0. The summed E-state index contributed by atoms with van der Waals surface area (Å²) in [7, 11) is 3.40. The number of nitrogens with zero attached hydrogens (tertiary/aromatic N) is 1. The molecule has 1 aliphatic rings. The lowest BCUT2D eigenvalue weighted by molar-refractivity contribution is 0.171. The predicted octanol–water partition coefficient (Wildman–Crippen LogP) is 3.81. The molecule has 2 rings (SSSR count). The second kappa shape index (κ2) is 6.31. The van der Waals surface area contributed by atoms with E-state index in [0.717, 1.165) is 24.5 Å². The Labute approximate surface area is 122 Å². The third-order valence-electron chi connectivity index (χ3n) is 3.99. The molecule has 0 saturated heterocycles. The molecule has 0 N–H and O–H groups in total. The van der Waals surface area contributed by atoms with Gasteiger partial charge >= 0.3 is 0 Å². The van der Waals surface area contributed by atoms with Crippen LogP contribution in [-0.4, -0.2) is 31.7 Å². The van der Waals surface area contributed by atoms with E-state index in [1.807, 2.05) is 12.1 Å². The first-order valence-electron chi connectivity index (χ1n) is 7.21. The van der Waals surface area contributed by atoms with Gasteiger partial charge in [0.25, 0.3) is 0 Å². The summed E-state index contributed by atoms with van der Waals surface area (Å²) in [5, 5.41) is 0. The van der Waals surface area contributed by atoms with Crippen LogP contribution < -0.4 is 9.47 Å². The molecule has 0 bridgehead atoms. The summed E-state index contributed by atoms with van der Waals surface area (Å²) < 4.78 is 10.9. The van der Waals surface area contributed by atoms with Crippen molar-refractivity contribution in [3.05, 3.63) is 35.4 Å². The Hall–Kier alpha value is -1.48. The molecule has 1 unspecified atom stereocenters. The zero-order valence-corrected chi connectivity index (χ0v) is 13.1. The Balaban J connectivity index is 2.43. The van der Waals surface area contributed by atoms with E-state index in [0.29, 0.717) is 6.04 Å². The topological polar surface area (TPSA) is 21.7 Å². The summed E-state index contributed by atoms with van der Waals surface area (Å²) in [6.07, 6.45) is 3.50. The molecule has 0 radical (unpaired) electrons. The van der Waals surface area contributed by atoms with E-state index in [1.54, 1.807) is 14.2 Å². The molecule has 1 aromatic carbocycles. The molecule has 20 heavy (non-hydrogen) atoms. The van der Waals surface area contributed by atoms with Crippen LogP contribution in [0.5, 0.6) is 11.5 Å². The first kappa shape index (κ1) is 14.9. The zero-order valence-electron chi connectivity index (χ0n) is 13.1. The standard InChI is InChI=1S/C17H25NO2/c1-12(2)18-9-8-13(3)10-16(18)15-7-6-14(19-4)11-17(15)20-5/h6-7,10-12,16H,8-9H2,1-5H3. The smallest absolute Gasteiger partial charge is 0.127 e. The van der Waals surface area contributed by atoms with Crippen LogP contribution >= 0.6 is 0 Å². The Bertz CT molecular complexity index is 494. The highest BCUT2D eigenvalue weighted by Gasteiger charge is 2.26. The zero-order chi connectivity index (χ0) is 14.7. The summed E-state index contributed by atoms with van der Waals surface area (Å²) >= 11 is 0. The first-order chi connectivity index (χ1) is 9.56. The van der Waals surface area contributed by atoms with Gasteiger partial charge in [-0.1, -0.05) is 11.6 Å². The quantitative estimate of drug-likeness (QED) is 0.780. The minimum Gasteiger partial charge on any atom is -0.497 e. The minimum absolute atomic E-state index is 0.282. The predicted molar refractivity (Wildman–Crippen MR) is 82.5 cm³/mol. The summed E-state index contributed by atoms with van der Waals surface area (Å²) in [5.41, 5.74) is 2.66. The lowest BCUT2D eigenvalue weighted by Crippen LogP contribution is -2.37. The van der Waals surface area contributed by atoms with Gasteiger partial charge in [0.05, 0.1) is 20.3 Å². The molecule has 1 aliphatic heterocycles. The molecule has 0 saturated carbocycles. The first-order valence-corrected chi connectivity index (χ1v) is 7.21. The maximum Gasteiger partial charge on any atom is 0.127 e. The molecular weight excluding hydrogens is 250 g/mol. The molecule has 1 atom stereocenters. The molecule has 0 aromatic heterocycles. The van der Waals surface area contributed by atoms with E-state index in [4.69, 9.17) is 9.47 Å². The van der Waals surface area contributed by atoms with Crippen molar-refractivity contribution >= 4 is 0 Å². The van der Waals surface area contributed by atoms with E-state index in [2.05, 4.69) is 37.8 Å². The molecular formula is C17H25NO2. The third-order valence-corrected chi connectivity index (χ3v) is 3.99. The molecule has 0 aliphatic carbocycles. The molecule has 0 fully saturated rings. The van der Waals surface area contributed by atoms with Gasteiger partial charge in [0.2, 0.25) is 0 Å². The molecule has 1 heterocycles. The summed E-state index contributed by atoms with van der Waals surface area (Å²) in [4.78, 5) is 2.51. The van der Waals surface area contributed by atoms with E-state index >= 15 is 0 Å². The highest BCUT2D eigenvalue weighted by molar-refractivity contribution is 5.44. The van der Waals surface area contributed by atoms with Crippen LogP contribution in [0.25, 0.3) is 0 Å². The highest BCUT2D eigenvalue weighted by atomic mass is 16.5. The van der Waals surface area contributed by atoms with Gasteiger partial charge in [-0.25, -0.2) is 0 Å². The van der Waals surface area contributed by atoms with Crippen LogP contribution in [0.15, 0.2) is 29.8 Å². The van der Waals surface area contributed by atoms with Gasteiger partial charge in [-0.3, -0.25) is 4.90 Å². The third kappa shape index (κ3) is 2.98. The van der Waals surface area contributed by atoms with Crippen LogP contribution in [0.4, 0.5) is 0 Å². The fraction of sp³-hybridized carbons (Fsp3) is 0.529. The normalized spacial score (nSPS) is 19.9. The molecule has 3 nitrogen and oxygen atoms in total. The van der Waals surface area contributed by atoms with Crippen LogP contribution in [0, 0.1) is 0 Å². The van der Waals surface area contributed by atoms with E-state index in [9.17, 15) is 0 Å². The molecule has 0 spiro atoms. The van der Waals surface area contributed by atoms with Crippen molar-refractivity contribution in [3.8, 4) is 11.5 Å². The lowest BCUT2D eigenvalue weighted by Gasteiger charge is -2.37. The van der Waals surface area contributed by atoms with Crippen LogP contribution in [0.3, 0.4) is 0 Å². The average Bonchev–Trinajstić information content (AvgIpc) is 2.46. The Kier molecular flexibility index (Phi) is 4.71. The maximum absolute atomic E-state index is 5.57. The highest BCUT2D eigenvalue weighted by Crippen LogP contribution is 2.37. The van der Waals surface area contributed by atoms with Crippen LogP contribution in [0.1, 0.15) is 38.8 Å². The van der Waals surface area contributed by atoms with Crippen molar-refractivity contribution in [3.63, 3.8) is 0 Å². The summed E-state index contributed by atoms with van der Waals surface area (Å²) in [5.74, 6) is 1.73. The number of hydrogen-bond acceptors (Lipinski definition) is 3. The molecule has 0 amide bonds. The number of rotatable bonds is 4. The molecule has 1 aromatic rings. The Morgan fingerprint density at radius 3 is 2.55 bits per heavy atom. The van der Waals surface area contributed by atoms with Crippen molar-refractivity contribution in [2.24, 2.45) is 0 Å². The van der Waals surface area contributed by atoms with Gasteiger partial charge < -0.3 is 9.47 Å². The minimum atomic E-state index is 0.282. The van der Waals surface area contributed by atoms with Crippen LogP contribution in [0.2, 0.25) is 0 Å². The Morgan fingerprint density at radius 1 is 1.20 bits per heavy atom. The lowest BCUT2D eigenvalue weighted by atomic mass is 9.95. The van der Waals surface area contributed by atoms with Gasteiger partial charge in [0, 0.05) is 24.2 Å². The summed E-state index contributed by atoms with van der Waals surface area (Å²) in [6, 6.07) is 6.88. The largest absolute Gasteiger partial charge is 0.497 e. The number of methoxy groups -OCH3 is 2. The van der Waals surface area contributed by atoms with Crippen molar-refractivity contribution in [1.29, 1.82) is 0 Å². The van der Waals surface area contributed by atoms with Gasteiger partial charge in [0.15, 0.2) is 0 Å². The average molecular weight is 275 g/mol. The van der Waals surface area contributed by atoms with Gasteiger partial charge in [-0.15, -0.1) is 0 Å². The SMILES string of the molecule is COc1ccc(C2C=C(C)CCN2C(C)C)c(OC)c1. The number of ether oxygens (including phenoxy) is 2. The van der Waals surface area contributed by atoms with Crippen LogP contribution in [-0.2, 0) is 0 Å². The van der Waals surface area contributed by atoms with E-state index < -0.39 is 0 Å². The maximum atomic E-state index is 5.57. The van der Waals surface area contributed by atoms with Crippen molar-refractivity contribution in [2.45, 2.75) is 39.3 Å². The van der Waals surface area contributed by atoms with Crippen molar-refractivity contribution in [1.82, 2.24) is 4.90 Å². The molecule has 110 valence electrons.